The predicted molar refractivity (Wildman–Crippen MR) is 97.6 cm³/mol. The summed E-state index contributed by atoms with van der Waals surface area (Å²) in [4.78, 5) is 9.15. The SMILES string of the molecule is CCSc1nnc2c(n1)O[C@H](c1cccc(C)n1)Nc1ccccc1-2. The van der Waals surface area contributed by atoms with Crippen LogP contribution < -0.4 is 10.1 Å². The molecule has 0 fully saturated rings. The fourth-order valence-electron chi connectivity index (χ4n) is 2.68. The first-order chi connectivity index (χ1) is 12.2. The molecule has 1 aliphatic rings. The second-order valence-corrected chi connectivity index (χ2v) is 6.80. The number of nitrogens with zero attached hydrogens (tertiary/aromatic N) is 4. The van der Waals surface area contributed by atoms with E-state index in [-0.39, 0.29) is 0 Å². The van der Waals surface area contributed by atoms with Gasteiger partial charge in [0.05, 0.1) is 0 Å². The molecule has 6 nitrogen and oxygen atoms in total. The summed E-state index contributed by atoms with van der Waals surface area (Å²) in [5, 5.41) is 12.6. The van der Waals surface area contributed by atoms with Crippen LogP contribution in [0.15, 0.2) is 47.6 Å². The van der Waals surface area contributed by atoms with Gasteiger partial charge in [0.25, 0.3) is 0 Å². The Bertz CT molecular complexity index is 917. The van der Waals surface area contributed by atoms with E-state index in [1.54, 1.807) is 0 Å². The number of benzene rings is 1. The van der Waals surface area contributed by atoms with Crippen LogP contribution in [0.1, 0.15) is 24.5 Å². The molecule has 1 aromatic carbocycles. The molecule has 7 heteroatoms. The maximum atomic E-state index is 6.17. The highest BCUT2D eigenvalue weighted by Crippen LogP contribution is 2.39. The van der Waals surface area contributed by atoms with Gasteiger partial charge in [-0.15, -0.1) is 10.2 Å². The van der Waals surface area contributed by atoms with Crippen LogP contribution in [0.2, 0.25) is 0 Å². The van der Waals surface area contributed by atoms with Crippen LogP contribution in [0, 0.1) is 6.92 Å². The lowest BCUT2D eigenvalue weighted by Crippen LogP contribution is -2.18. The molecule has 1 atom stereocenters. The number of para-hydroxylation sites is 1. The molecule has 3 aromatic rings. The molecule has 2 aromatic heterocycles. The summed E-state index contributed by atoms with van der Waals surface area (Å²) in [6.07, 6.45) is -0.446. The first-order valence-electron chi connectivity index (χ1n) is 8.08. The molecular formula is C18H17N5OS. The van der Waals surface area contributed by atoms with Gasteiger partial charge in [-0.2, -0.15) is 4.98 Å². The Kier molecular flexibility index (Phi) is 4.23. The average molecular weight is 351 g/mol. The van der Waals surface area contributed by atoms with E-state index < -0.39 is 6.23 Å². The maximum Gasteiger partial charge on any atom is 0.247 e. The number of ether oxygens (including phenoxy) is 1. The Balaban J connectivity index is 1.84. The van der Waals surface area contributed by atoms with Crippen molar-refractivity contribution in [1.29, 1.82) is 0 Å². The highest BCUT2D eigenvalue weighted by Gasteiger charge is 2.26. The number of anilines is 1. The number of hydrogen-bond donors (Lipinski definition) is 1. The molecule has 4 rings (SSSR count). The van der Waals surface area contributed by atoms with Gasteiger partial charge in [0.2, 0.25) is 17.3 Å². The van der Waals surface area contributed by atoms with E-state index in [1.807, 2.05) is 49.4 Å². The quantitative estimate of drug-likeness (QED) is 0.718. The summed E-state index contributed by atoms with van der Waals surface area (Å²) in [7, 11) is 0. The van der Waals surface area contributed by atoms with Gasteiger partial charge in [0, 0.05) is 16.9 Å². The summed E-state index contributed by atoms with van der Waals surface area (Å²) in [5.41, 5.74) is 4.20. The van der Waals surface area contributed by atoms with Gasteiger partial charge < -0.3 is 10.1 Å². The van der Waals surface area contributed by atoms with Crippen molar-refractivity contribution in [3.05, 3.63) is 53.9 Å². The number of aryl methyl sites for hydroxylation is 1. The Hall–Kier alpha value is -2.67. The molecule has 0 unspecified atom stereocenters. The van der Waals surface area contributed by atoms with Crippen molar-refractivity contribution in [2.75, 3.05) is 11.1 Å². The zero-order valence-corrected chi connectivity index (χ0v) is 14.7. The fraction of sp³-hybridized carbons (Fsp3) is 0.222. The van der Waals surface area contributed by atoms with Crippen LogP contribution in [0.3, 0.4) is 0 Å². The minimum Gasteiger partial charge on any atom is -0.446 e. The van der Waals surface area contributed by atoms with E-state index in [4.69, 9.17) is 4.74 Å². The molecule has 0 saturated heterocycles. The number of nitrogens with one attached hydrogen (secondary N) is 1. The molecule has 0 bridgehead atoms. The third-order valence-corrected chi connectivity index (χ3v) is 4.51. The third kappa shape index (κ3) is 3.15. The number of thioether (sulfide) groups is 1. The van der Waals surface area contributed by atoms with Crippen LogP contribution in [0.5, 0.6) is 5.88 Å². The molecule has 0 aliphatic carbocycles. The van der Waals surface area contributed by atoms with Crippen molar-refractivity contribution >= 4 is 17.4 Å². The van der Waals surface area contributed by atoms with Gasteiger partial charge in [-0.25, -0.2) is 0 Å². The van der Waals surface area contributed by atoms with E-state index in [9.17, 15) is 0 Å². The van der Waals surface area contributed by atoms with E-state index in [1.165, 1.54) is 11.8 Å². The van der Waals surface area contributed by atoms with Crippen molar-refractivity contribution in [3.8, 4) is 17.1 Å². The molecule has 0 spiro atoms. The average Bonchev–Trinajstić information content (AvgIpc) is 2.78. The van der Waals surface area contributed by atoms with Crippen molar-refractivity contribution in [2.24, 2.45) is 0 Å². The fourth-order valence-corrected chi connectivity index (χ4v) is 3.19. The molecular weight excluding hydrogens is 334 g/mol. The summed E-state index contributed by atoms with van der Waals surface area (Å²) in [5.74, 6) is 1.34. The van der Waals surface area contributed by atoms with Crippen LogP contribution in [0.25, 0.3) is 11.3 Å². The number of fused-ring (bicyclic) bond motifs is 3. The summed E-state index contributed by atoms with van der Waals surface area (Å²) in [6.45, 7) is 4.01. The Labute approximate surface area is 150 Å². The van der Waals surface area contributed by atoms with E-state index in [0.717, 1.165) is 28.4 Å². The highest BCUT2D eigenvalue weighted by atomic mass is 32.2. The summed E-state index contributed by atoms with van der Waals surface area (Å²) in [6, 6.07) is 13.8. The van der Waals surface area contributed by atoms with Crippen molar-refractivity contribution < 1.29 is 4.74 Å². The zero-order chi connectivity index (χ0) is 17.2. The van der Waals surface area contributed by atoms with Crippen molar-refractivity contribution in [2.45, 2.75) is 25.2 Å². The van der Waals surface area contributed by atoms with Gasteiger partial charge in [0.15, 0.2) is 5.69 Å². The van der Waals surface area contributed by atoms with Gasteiger partial charge in [-0.3, -0.25) is 4.98 Å². The molecule has 25 heavy (non-hydrogen) atoms. The lowest BCUT2D eigenvalue weighted by atomic mass is 10.1. The van der Waals surface area contributed by atoms with Gasteiger partial charge in [0.1, 0.15) is 5.69 Å². The van der Waals surface area contributed by atoms with Crippen LogP contribution in [-0.2, 0) is 0 Å². The van der Waals surface area contributed by atoms with Crippen LogP contribution >= 0.6 is 11.8 Å². The largest absolute Gasteiger partial charge is 0.446 e. The van der Waals surface area contributed by atoms with Gasteiger partial charge in [-0.05, 0) is 30.9 Å². The number of hydrogen-bond acceptors (Lipinski definition) is 7. The standard InChI is InChI=1S/C18H17N5OS/c1-3-25-18-21-17-15(22-23-18)12-8-4-5-9-13(12)20-16(24-17)14-10-6-7-11(2)19-14/h4-10,16,20H,3H2,1-2H3/t16-/m1/s1. The number of pyridine rings is 1. The minimum absolute atomic E-state index is 0.446. The topological polar surface area (TPSA) is 72.8 Å². The summed E-state index contributed by atoms with van der Waals surface area (Å²) >= 11 is 1.53. The Morgan fingerprint density at radius 1 is 1.08 bits per heavy atom. The Morgan fingerprint density at radius 3 is 2.80 bits per heavy atom. The summed E-state index contributed by atoms with van der Waals surface area (Å²) < 4.78 is 6.17. The van der Waals surface area contributed by atoms with Crippen molar-refractivity contribution in [1.82, 2.24) is 20.2 Å². The van der Waals surface area contributed by atoms with E-state index in [0.29, 0.717) is 16.7 Å². The normalized spacial score (nSPS) is 15.4. The number of aromatic nitrogens is 4. The lowest BCUT2D eigenvalue weighted by Gasteiger charge is -2.18. The van der Waals surface area contributed by atoms with Gasteiger partial charge >= 0.3 is 0 Å². The van der Waals surface area contributed by atoms with Crippen LogP contribution in [0.4, 0.5) is 5.69 Å². The first kappa shape index (κ1) is 15.8. The predicted octanol–water partition coefficient (Wildman–Crippen LogP) is 3.86. The van der Waals surface area contributed by atoms with E-state index in [2.05, 4.69) is 32.4 Å². The number of rotatable bonds is 3. The molecule has 1 aliphatic heterocycles. The molecule has 3 heterocycles. The second-order valence-electron chi connectivity index (χ2n) is 5.57. The van der Waals surface area contributed by atoms with Gasteiger partial charge in [-0.1, -0.05) is 43.0 Å². The minimum atomic E-state index is -0.446. The monoisotopic (exact) mass is 351 g/mol. The Morgan fingerprint density at radius 2 is 1.96 bits per heavy atom. The first-order valence-corrected chi connectivity index (χ1v) is 9.07. The third-order valence-electron chi connectivity index (χ3n) is 3.79. The molecule has 0 radical (unpaired) electrons. The second kappa shape index (κ2) is 6.68. The van der Waals surface area contributed by atoms with Crippen molar-refractivity contribution in [3.63, 3.8) is 0 Å². The zero-order valence-electron chi connectivity index (χ0n) is 13.9. The molecule has 126 valence electrons. The maximum absolute atomic E-state index is 6.17. The highest BCUT2D eigenvalue weighted by molar-refractivity contribution is 7.99. The smallest absolute Gasteiger partial charge is 0.247 e. The molecule has 1 N–H and O–H groups in total. The molecule has 0 saturated carbocycles. The molecule has 0 amide bonds. The van der Waals surface area contributed by atoms with Crippen LogP contribution in [-0.4, -0.2) is 25.9 Å². The lowest BCUT2D eigenvalue weighted by molar-refractivity contribution is 0.220. The van der Waals surface area contributed by atoms with E-state index >= 15 is 0 Å².